The largest absolute Gasteiger partial charge is 0.485 e. The molecule has 1 saturated heterocycles. The molecule has 232 valence electrons. The number of nitrogens with zero attached hydrogens (tertiary/aromatic N) is 2. The first-order chi connectivity index (χ1) is 20.6. The first kappa shape index (κ1) is 34.7. The van der Waals surface area contributed by atoms with Crippen LogP contribution in [0.1, 0.15) is 60.5 Å². The van der Waals surface area contributed by atoms with E-state index in [2.05, 4.69) is 0 Å². The predicted octanol–water partition coefficient (Wildman–Crippen LogP) is 7.54. The van der Waals surface area contributed by atoms with E-state index in [0.717, 1.165) is 5.56 Å². The molecule has 1 aliphatic rings. The van der Waals surface area contributed by atoms with Gasteiger partial charge in [-0.1, -0.05) is 82.3 Å². The van der Waals surface area contributed by atoms with Gasteiger partial charge >= 0.3 is 12.1 Å². The SMILES string of the molecule is CC.CC.CC(C)(C)OC(=O)N1CC(=O)N(c2ccccc2Oc2ccccc2OCc2ccccc2)C[C@H]1CC(=O)O. The van der Waals surface area contributed by atoms with Crippen molar-refractivity contribution in [3.8, 4) is 17.2 Å². The molecule has 1 fully saturated rings. The van der Waals surface area contributed by atoms with Gasteiger partial charge in [0.05, 0.1) is 18.2 Å². The Labute approximate surface area is 255 Å². The van der Waals surface area contributed by atoms with Crippen LogP contribution in [0.5, 0.6) is 17.2 Å². The summed E-state index contributed by atoms with van der Waals surface area (Å²) in [4.78, 5) is 40.4. The van der Waals surface area contributed by atoms with Gasteiger partial charge in [-0.15, -0.1) is 0 Å². The number of carbonyl (C=O) groups is 3. The van der Waals surface area contributed by atoms with Crippen molar-refractivity contribution in [2.45, 2.75) is 73.1 Å². The number of amides is 2. The summed E-state index contributed by atoms with van der Waals surface area (Å²) in [5.74, 6) is -0.0887. The average molecular weight is 593 g/mol. The van der Waals surface area contributed by atoms with Gasteiger partial charge in [0, 0.05) is 6.54 Å². The molecular weight excluding hydrogens is 548 g/mol. The van der Waals surface area contributed by atoms with Crippen LogP contribution < -0.4 is 14.4 Å². The highest BCUT2D eigenvalue weighted by molar-refractivity contribution is 5.99. The van der Waals surface area contributed by atoms with Gasteiger partial charge in [0.1, 0.15) is 18.8 Å². The lowest BCUT2D eigenvalue weighted by Gasteiger charge is -2.41. The van der Waals surface area contributed by atoms with Gasteiger partial charge in [0.25, 0.3) is 0 Å². The predicted molar refractivity (Wildman–Crippen MR) is 168 cm³/mol. The second-order valence-corrected chi connectivity index (χ2v) is 10.2. The molecule has 1 heterocycles. The van der Waals surface area contributed by atoms with Crippen molar-refractivity contribution in [2.24, 2.45) is 0 Å². The zero-order chi connectivity index (χ0) is 32.0. The zero-order valence-corrected chi connectivity index (χ0v) is 26.2. The normalized spacial score (nSPS) is 14.4. The summed E-state index contributed by atoms with van der Waals surface area (Å²) >= 11 is 0. The molecule has 9 nitrogen and oxygen atoms in total. The third-order valence-electron chi connectivity index (χ3n) is 5.94. The summed E-state index contributed by atoms with van der Waals surface area (Å²) < 4.78 is 17.7. The van der Waals surface area contributed by atoms with E-state index < -0.39 is 23.7 Å². The molecule has 1 atom stereocenters. The van der Waals surface area contributed by atoms with Gasteiger partial charge < -0.3 is 24.2 Å². The molecule has 1 N–H and O–H groups in total. The quantitative estimate of drug-likeness (QED) is 0.288. The monoisotopic (exact) mass is 592 g/mol. The van der Waals surface area contributed by atoms with E-state index in [9.17, 15) is 19.5 Å². The number of hydrogen-bond donors (Lipinski definition) is 1. The van der Waals surface area contributed by atoms with E-state index in [0.29, 0.717) is 29.5 Å². The van der Waals surface area contributed by atoms with E-state index in [1.54, 1.807) is 57.2 Å². The maximum Gasteiger partial charge on any atom is 0.411 e. The summed E-state index contributed by atoms with van der Waals surface area (Å²) in [5.41, 5.74) is 0.673. The molecule has 0 aromatic heterocycles. The van der Waals surface area contributed by atoms with Gasteiger partial charge in [-0.2, -0.15) is 0 Å². The van der Waals surface area contributed by atoms with Gasteiger partial charge in [-0.25, -0.2) is 4.79 Å². The minimum Gasteiger partial charge on any atom is -0.485 e. The number of para-hydroxylation sites is 4. The van der Waals surface area contributed by atoms with Crippen LogP contribution in [0.4, 0.5) is 10.5 Å². The summed E-state index contributed by atoms with van der Waals surface area (Å²) in [6, 6.07) is 23.2. The number of carbonyl (C=O) groups excluding carboxylic acids is 2. The first-order valence-electron chi connectivity index (χ1n) is 14.6. The van der Waals surface area contributed by atoms with Gasteiger partial charge in [-0.05, 0) is 50.6 Å². The first-order valence-corrected chi connectivity index (χ1v) is 14.6. The molecule has 43 heavy (non-hydrogen) atoms. The van der Waals surface area contributed by atoms with Crippen LogP contribution in [0.2, 0.25) is 0 Å². The topological polar surface area (TPSA) is 106 Å². The van der Waals surface area contributed by atoms with Crippen LogP contribution in [-0.2, 0) is 20.9 Å². The summed E-state index contributed by atoms with van der Waals surface area (Å²) in [7, 11) is 0. The van der Waals surface area contributed by atoms with Crippen LogP contribution >= 0.6 is 0 Å². The summed E-state index contributed by atoms with van der Waals surface area (Å²) in [6.07, 6.45) is -1.07. The highest BCUT2D eigenvalue weighted by atomic mass is 16.6. The molecule has 0 bridgehead atoms. The number of carboxylic acids is 1. The third kappa shape index (κ3) is 10.4. The Morgan fingerprint density at radius 2 is 1.40 bits per heavy atom. The Kier molecular flexibility index (Phi) is 13.5. The summed E-state index contributed by atoms with van der Waals surface area (Å²) in [6.45, 7) is 13.1. The maximum absolute atomic E-state index is 13.3. The second kappa shape index (κ2) is 16.8. The van der Waals surface area contributed by atoms with Gasteiger partial charge in [0.15, 0.2) is 17.2 Å². The van der Waals surface area contributed by atoms with Crippen LogP contribution in [0.25, 0.3) is 0 Å². The number of piperazine rings is 1. The molecule has 9 heteroatoms. The van der Waals surface area contributed by atoms with Crippen molar-refractivity contribution in [3.63, 3.8) is 0 Å². The molecule has 2 amide bonds. The third-order valence-corrected chi connectivity index (χ3v) is 5.94. The van der Waals surface area contributed by atoms with Crippen molar-refractivity contribution < 1.29 is 33.7 Å². The zero-order valence-electron chi connectivity index (χ0n) is 26.2. The van der Waals surface area contributed by atoms with E-state index in [-0.39, 0.29) is 25.4 Å². The van der Waals surface area contributed by atoms with E-state index in [1.165, 1.54) is 9.80 Å². The maximum atomic E-state index is 13.3. The van der Waals surface area contributed by atoms with Crippen molar-refractivity contribution in [1.29, 1.82) is 0 Å². The molecule has 1 aliphatic heterocycles. The summed E-state index contributed by atoms with van der Waals surface area (Å²) in [5, 5.41) is 9.51. The molecule has 0 radical (unpaired) electrons. The molecule has 3 aromatic rings. The van der Waals surface area contributed by atoms with E-state index in [4.69, 9.17) is 14.2 Å². The van der Waals surface area contributed by atoms with Gasteiger partial charge in [0.2, 0.25) is 5.91 Å². The highest BCUT2D eigenvalue weighted by Gasteiger charge is 2.39. The molecule has 3 aromatic carbocycles. The molecule has 0 spiro atoms. The lowest BCUT2D eigenvalue weighted by Crippen LogP contribution is -2.59. The fourth-order valence-corrected chi connectivity index (χ4v) is 4.19. The minimum atomic E-state index is -1.09. The Bertz CT molecular complexity index is 1320. The fourth-order valence-electron chi connectivity index (χ4n) is 4.19. The van der Waals surface area contributed by atoms with Crippen molar-refractivity contribution in [2.75, 3.05) is 18.0 Å². The number of carboxylic acid groups (broad SMARTS) is 1. The molecule has 4 rings (SSSR count). The molecular formula is C34H44N2O7. The van der Waals surface area contributed by atoms with Crippen molar-refractivity contribution >= 4 is 23.7 Å². The van der Waals surface area contributed by atoms with Crippen molar-refractivity contribution in [1.82, 2.24) is 4.90 Å². The lowest BCUT2D eigenvalue weighted by molar-refractivity contribution is -0.139. The number of benzene rings is 3. The Hall–Kier alpha value is -4.53. The number of rotatable bonds is 8. The second-order valence-electron chi connectivity index (χ2n) is 10.2. The number of aliphatic carboxylic acids is 1. The Morgan fingerprint density at radius 1 is 0.837 bits per heavy atom. The average Bonchev–Trinajstić information content (AvgIpc) is 2.99. The minimum absolute atomic E-state index is 0.0308. The van der Waals surface area contributed by atoms with Crippen LogP contribution in [0.15, 0.2) is 78.9 Å². The van der Waals surface area contributed by atoms with Crippen molar-refractivity contribution in [3.05, 3.63) is 84.4 Å². The number of hydrogen-bond acceptors (Lipinski definition) is 6. The number of ether oxygens (including phenoxy) is 3. The molecule has 0 aliphatic carbocycles. The standard InChI is InChI=1S/C30H32N2O7.2C2H6/c1-30(2,3)39-29(36)31-19-27(33)32(18-22(31)17-28(34)35)23-13-7-8-14-24(23)38-26-16-10-9-15-25(26)37-20-21-11-5-4-6-12-21;2*1-2/h4-16,22H,17-20H2,1-3H3,(H,34,35);2*1-2H3/t22-;;/m1../s1. The highest BCUT2D eigenvalue weighted by Crippen LogP contribution is 2.38. The van der Waals surface area contributed by atoms with Gasteiger partial charge in [-0.3, -0.25) is 14.5 Å². The smallest absolute Gasteiger partial charge is 0.411 e. The fraction of sp³-hybridized carbons (Fsp3) is 0.382. The van der Waals surface area contributed by atoms with Crippen LogP contribution in [0.3, 0.4) is 0 Å². The van der Waals surface area contributed by atoms with Crippen LogP contribution in [0, 0.1) is 0 Å². The van der Waals surface area contributed by atoms with E-state index >= 15 is 0 Å². The van der Waals surface area contributed by atoms with E-state index in [1.807, 2.05) is 70.2 Å². The Balaban J connectivity index is 0.00000155. The molecule has 0 unspecified atom stereocenters. The number of anilines is 1. The molecule has 0 saturated carbocycles. The van der Waals surface area contributed by atoms with Crippen LogP contribution in [-0.4, -0.2) is 52.7 Å². The Morgan fingerprint density at radius 3 is 2.00 bits per heavy atom. The lowest BCUT2D eigenvalue weighted by atomic mass is 10.1.